The molecule has 0 aromatic carbocycles. The highest BCUT2D eigenvalue weighted by molar-refractivity contribution is 5.51. The molecule has 0 saturated carbocycles. The molecule has 1 aliphatic heterocycles. The maximum Gasteiger partial charge on any atom is 0.156 e. The number of hydrogen-bond donors (Lipinski definition) is 1. The van der Waals surface area contributed by atoms with Crippen LogP contribution in [-0.4, -0.2) is 48.3 Å². The molecule has 1 saturated heterocycles. The molecule has 0 unspecified atom stereocenters. The van der Waals surface area contributed by atoms with Crippen LogP contribution in [0.25, 0.3) is 0 Å². The molecule has 0 radical (unpaired) electrons. The SMILES string of the molecule is CCc1nnc(N(C)C2CCN(C)CC2)c(CN)c1CC. The number of hydrogen-bond acceptors (Lipinski definition) is 5. The quantitative estimate of drug-likeness (QED) is 0.893. The predicted octanol–water partition coefficient (Wildman–Crippen LogP) is 1.59. The lowest BCUT2D eigenvalue weighted by Gasteiger charge is -2.36. The van der Waals surface area contributed by atoms with Crippen LogP contribution in [0.15, 0.2) is 0 Å². The average Bonchev–Trinajstić information content (AvgIpc) is 2.53. The molecular formula is C16H29N5. The summed E-state index contributed by atoms with van der Waals surface area (Å²) in [4.78, 5) is 4.69. The van der Waals surface area contributed by atoms with Crippen molar-refractivity contribution in [1.82, 2.24) is 15.1 Å². The smallest absolute Gasteiger partial charge is 0.156 e. The van der Waals surface area contributed by atoms with Gasteiger partial charge in [-0.1, -0.05) is 13.8 Å². The second kappa shape index (κ2) is 7.18. The van der Waals surface area contributed by atoms with Crippen LogP contribution in [-0.2, 0) is 19.4 Å². The molecule has 2 heterocycles. The van der Waals surface area contributed by atoms with Crippen LogP contribution >= 0.6 is 0 Å². The highest BCUT2D eigenvalue weighted by Gasteiger charge is 2.24. The Balaban J connectivity index is 2.30. The van der Waals surface area contributed by atoms with Gasteiger partial charge in [-0.05, 0) is 51.4 Å². The van der Waals surface area contributed by atoms with Gasteiger partial charge in [-0.25, -0.2) is 0 Å². The van der Waals surface area contributed by atoms with Crippen LogP contribution in [0.4, 0.5) is 5.82 Å². The number of aryl methyl sites for hydroxylation is 1. The first-order valence-electron chi connectivity index (χ1n) is 8.11. The lowest BCUT2D eigenvalue weighted by Crippen LogP contribution is -2.43. The molecule has 0 aliphatic carbocycles. The standard InChI is InChI=1S/C16H29N5/c1-5-13-14(11-17)16(19-18-15(13)6-2)21(4)12-7-9-20(3)10-8-12/h12H,5-11,17H2,1-4H3. The molecule has 5 heteroatoms. The molecule has 1 aromatic heterocycles. The second-order valence-corrected chi connectivity index (χ2v) is 5.98. The number of piperidine rings is 1. The van der Waals surface area contributed by atoms with Gasteiger partial charge in [-0.3, -0.25) is 0 Å². The summed E-state index contributed by atoms with van der Waals surface area (Å²) in [5.74, 6) is 0.987. The van der Waals surface area contributed by atoms with E-state index in [0.717, 1.165) is 37.4 Å². The number of likely N-dealkylation sites (tertiary alicyclic amines) is 1. The van der Waals surface area contributed by atoms with Crippen molar-refractivity contribution in [1.29, 1.82) is 0 Å². The van der Waals surface area contributed by atoms with Gasteiger partial charge in [0.05, 0.1) is 5.69 Å². The van der Waals surface area contributed by atoms with Gasteiger partial charge in [0, 0.05) is 25.2 Å². The van der Waals surface area contributed by atoms with Crippen LogP contribution in [0.5, 0.6) is 0 Å². The largest absolute Gasteiger partial charge is 0.355 e. The van der Waals surface area contributed by atoms with Gasteiger partial charge in [0.25, 0.3) is 0 Å². The molecule has 2 N–H and O–H groups in total. The highest BCUT2D eigenvalue weighted by Crippen LogP contribution is 2.26. The van der Waals surface area contributed by atoms with Crippen LogP contribution in [0, 0.1) is 0 Å². The third-order valence-electron chi connectivity index (χ3n) is 4.71. The van der Waals surface area contributed by atoms with Gasteiger partial charge < -0.3 is 15.5 Å². The molecule has 1 aromatic rings. The molecular weight excluding hydrogens is 262 g/mol. The Kier molecular flexibility index (Phi) is 5.53. The van der Waals surface area contributed by atoms with E-state index in [4.69, 9.17) is 5.73 Å². The monoisotopic (exact) mass is 291 g/mol. The molecule has 0 amide bonds. The van der Waals surface area contributed by atoms with Gasteiger partial charge >= 0.3 is 0 Å². The summed E-state index contributed by atoms with van der Waals surface area (Å²) in [6, 6.07) is 0.540. The molecule has 1 fully saturated rings. The maximum atomic E-state index is 6.04. The van der Waals surface area contributed by atoms with E-state index >= 15 is 0 Å². The van der Waals surface area contributed by atoms with Crippen molar-refractivity contribution in [2.45, 2.75) is 52.1 Å². The average molecular weight is 291 g/mol. The van der Waals surface area contributed by atoms with Crippen molar-refractivity contribution in [3.8, 4) is 0 Å². The van der Waals surface area contributed by atoms with Crippen molar-refractivity contribution in [3.63, 3.8) is 0 Å². The molecule has 1 aliphatic rings. The van der Waals surface area contributed by atoms with Crippen LogP contribution in [0.1, 0.15) is 43.5 Å². The van der Waals surface area contributed by atoms with Gasteiger partial charge in [-0.15, -0.1) is 5.10 Å². The van der Waals surface area contributed by atoms with Crippen molar-refractivity contribution < 1.29 is 0 Å². The summed E-state index contributed by atoms with van der Waals surface area (Å²) in [5, 5.41) is 8.96. The van der Waals surface area contributed by atoms with Crippen molar-refractivity contribution in [2.75, 3.05) is 32.1 Å². The van der Waals surface area contributed by atoms with Crippen molar-refractivity contribution >= 4 is 5.82 Å². The van der Waals surface area contributed by atoms with E-state index in [2.05, 4.69) is 47.9 Å². The third kappa shape index (κ3) is 3.35. The van der Waals surface area contributed by atoms with Gasteiger partial charge in [0.1, 0.15) is 0 Å². The van der Waals surface area contributed by atoms with E-state index in [1.54, 1.807) is 0 Å². The third-order valence-corrected chi connectivity index (χ3v) is 4.71. The summed E-state index contributed by atoms with van der Waals surface area (Å²) in [6.07, 6.45) is 4.24. The Morgan fingerprint density at radius 1 is 1.14 bits per heavy atom. The van der Waals surface area contributed by atoms with E-state index in [9.17, 15) is 0 Å². The number of aromatic nitrogens is 2. The predicted molar refractivity (Wildman–Crippen MR) is 87.6 cm³/mol. The molecule has 0 spiro atoms. The van der Waals surface area contributed by atoms with E-state index in [0.29, 0.717) is 12.6 Å². The normalized spacial score (nSPS) is 17.2. The molecule has 0 atom stereocenters. The van der Waals surface area contributed by atoms with Crippen LogP contribution in [0.2, 0.25) is 0 Å². The summed E-state index contributed by atoms with van der Waals surface area (Å²) in [7, 11) is 4.33. The van der Waals surface area contributed by atoms with E-state index in [1.165, 1.54) is 24.0 Å². The fraction of sp³-hybridized carbons (Fsp3) is 0.750. The Bertz CT molecular complexity index is 466. The molecule has 5 nitrogen and oxygen atoms in total. The number of rotatable bonds is 5. The lowest BCUT2D eigenvalue weighted by atomic mass is 10.00. The zero-order chi connectivity index (χ0) is 15.4. The zero-order valence-electron chi connectivity index (χ0n) is 13.9. The number of nitrogens with two attached hydrogens (primary N) is 1. The minimum Gasteiger partial charge on any atom is -0.355 e. The van der Waals surface area contributed by atoms with Crippen molar-refractivity contribution in [3.05, 3.63) is 16.8 Å². The zero-order valence-corrected chi connectivity index (χ0v) is 13.9. The minimum absolute atomic E-state index is 0.540. The fourth-order valence-electron chi connectivity index (χ4n) is 3.29. The fourth-order valence-corrected chi connectivity index (χ4v) is 3.29. The highest BCUT2D eigenvalue weighted by atomic mass is 15.3. The topological polar surface area (TPSA) is 58.3 Å². The van der Waals surface area contributed by atoms with Gasteiger partial charge in [-0.2, -0.15) is 5.10 Å². The van der Waals surface area contributed by atoms with E-state index in [1.807, 2.05) is 0 Å². The van der Waals surface area contributed by atoms with Gasteiger partial charge in [0.2, 0.25) is 0 Å². The number of anilines is 1. The Morgan fingerprint density at radius 2 is 1.81 bits per heavy atom. The first-order valence-corrected chi connectivity index (χ1v) is 8.11. The molecule has 2 rings (SSSR count). The summed E-state index contributed by atoms with van der Waals surface area (Å²) in [6.45, 7) is 7.14. The number of nitrogens with zero attached hydrogens (tertiary/aromatic N) is 4. The van der Waals surface area contributed by atoms with Crippen LogP contribution in [0.3, 0.4) is 0 Å². The van der Waals surface area contributed by atoms with Crippen molar-refractivity contribution in [2.24, 2.45) is 5.73 Å². The summed E-state index contributed by atoms with van der Waals surface area (Å²) >= 11 is 0. The maximum absolute atomic E-state index is 6.04. The summed E-state index contributed by atoms with van der Waals surface area (Å²) in [5.41, 5.74) is 9.62. The Labute approximate surface area is 128 Å². The van der Waals surface area contributed by atoms with E-state index in [-0.39, 0.29) is 0 Å². The molecule has 21 heavy (non-hydrogen) atoms. The molecule has 0 bridgehead atoms. The Hall–Kier alpha value is -1.20. The first-order chi connectivity index (χ1) is 10.1. The van der Waals surface area contributed by atoms with Gasteiger partial charge in [0.15, 0.2) is 5.82 Å². The Morgan fingerprint density at radius 3 is 2.33 bits per heavy atom. The second-order valence-electron chi connectivity index (χ2n) is 5.98. The lowest BCUT2D eigenvalue weighted by molar-refractivity contribution is 0.252. The first kappa shape index (κ1) is 16.2. The minimum atomic E-state index is 0.540. The van der Waals surface area contributed by atoms with Crippen LogP contribution < -0.4 is 10.6 Å². The van der Waals surface area contributed by atoms with E-state index < -0.39 is 0 Å². The summed E-state index contributed by atoms with van der Waals surface area (Å²) < 4.78 is 0. The molecule has 118 valence electrons.